The monoisotopic (exact) mass is 494 g/mol. The second-order valence-electron chi connectivity index (χ2n) is 9.21. The van der Waals surface area contributed by atoms with Crippen LogP contribution in [-0.2, 0) is 4.74 Å². The summed E-state index contributed by atoms with van der Waals surface area (Å²) in [5.74, 6) is -0.859. The van der Waals surface area contributed by atoms with Crippen LogP contribution >= 0.6 is 15.9 Å². The van der Waals surface area contributed by atoms with Crippen LogP contribution in [0.2, 0.25) is 39.3 Å². The molecule has 29 heavy (non-hydrogen) atoms. The van der Waals surface area contributed by atoms with Gasteiger partial charge in [-0.15, -0.1) is 0 Å². The molecular weight excluding hydrogens is 460 g/mol. The zero-order valence-corrected chi connectivity index (χ0v) is 22.2. The number of carboxylic acids is 1. The minimum absolute atomic E-state index is 0.363. The van der Waals surface area contributed by atoms with E-state index in [2.05, 4.69) is 79.5 Å². The third-order valence-corrected chi connectivity index (χ3v) is 9.19. The molecule has 1 aliphatic heterocycles. The van der Waals surface area contributed by atoms with Crippen molar-refractivity contribution in [1.29, 1.82) is 0 Å². The lowest BCUT2D eigenvalue weighted by Gasteiger charge is -2.16. The molecule has 1 aliphatic rings. The summed E-state index contributed by atoms with van der Waals surface area (Å²) < 4.78 is 6.11. The van der Waals surface area contributed by atoms with Crippen LogP contribution in [-0.4, -0.2) is 40.4 Å². The smallest absolute Gasteiger partial charge is 0.335 e. The van der Waals surface area contributed by atoms with Crippen LogP contribution in [0, 0.1) is 0 Å². The van der Waals surface area contributed by atoms with E-state index in [-0.39, 0.29) is 0 Å². The summed E-state index contributed by atoms with van der Waals surface area (Å²) in [6, 6.07) is 15.9. The second-order valence-corrected chi connectivity index (χ2v) is 20.3. The number of rotatable bonds is 3. The third-order valence-electron chi connectivity index (χ3n) is 4.54. The number of hydrogen-bond donors (Lipinski definition) is 1. The molecule has 0 atom stereocenters. The van der Waals surface area contributed by atoms with Crippen molar-refractivity contribution >= 4 is 48.4 Å². The van der Waals surface area contributed by atoms with Gasteiger partial charge in [-0.3, -0.25) is 0 Å². The first kappa shape index (κ1) is 25.8. The van der Waals surface area contributed by atoms with E-state index in [1.54, 1.807) is 12.1 Å². The first-order valence-electron chi connectivity index (χ1n) is 10.1. The zero-order chi connectivity index (χ0) is 22.1. The Kier molecular flexibility index (Phi) is 10.5. The van der Waals surface area contributed by atoms with E-state index in [1.165, 1.54) is 27.7 Å². The Morgan fingerprint density at radius 1 is 0.793 bits per heavy atom. The highest BCUT2D eigenvalue weighted by molar-refractivity contribution is 9.10. The summed E-state index contributed by atoms with van der Waals surface area (Å²) in [5.41, 5.74) is 0.363. The number of aromatic carboxylic acids is 1. The minimum Gasteiger partial charge on any atom is -0.478 e. The number of halogens is 1. The highest BCUT2D eigenvalue weighted by Crippen LogP contribution is 2.09. The van der Waals surface area contributed by atoms with Gasteiger partial charge in [0.2, 0.25) is 0 Å². The molecule has 0 aliphatic carbocycles. The molecular formula is C23H35BrO3Si2. The molecule has 160 valence electrons. The van der Waals surface area contributed by atoms with E-state index >= 15 is 0 Å². The first-order valence-corrected chi connectivity index (χ1v) is 17.9. The van der Waals surface area contributed by atoms with Gasteiger partial charge in [0, 0.05) is 17.7 Å². The van der Waals surface area contributed by atoms with Crippen LogP contribution in [0.15, 0.2) is 53.0 Å². The molecule has 1 N–H and O–H groups in total. The SMILES string of the molecule is C1CCOC1.C[Si](C)(C)c1ccc(Br)cc1.C[Si](C)(C)c1ccc(C(=O)O)cc1. The molecule has 1 fully saturated rings. The maximum Gasteiger partial charge on any atom is 0.335 e. The molecule has 0 unspecified atom stereocenters. The summed E-state index contributed by atoms with van der Waals surface area (Å²) in [6.45, 7) is 15.8. The van der Waals surface area contributed by atoms with Gasteiger partial charge >= 0.3 is 5.97 Å². The molecule has 0 saturated carbocycles. The van der Waals surface area contributed by atoms with Crippen LogP contribution in [0.3, 0.4) is 0 Å². The summed E-state index contributed by atoms with van der Waals surface area (Å²) in [6.07, 6.45) is 2.56. The fourth-order valence-electron chi connectivity index (χ4n) is 2.57. The Balaban J connectivity index is 0.000000237. The van der Waals surface area contributed by atoms with E-state index in [4.69, 9.17) is 9.84 Å². The number of carbonyl (C=O) groups is 1. The summed E-state index contributed by atoms with van der Waals surface area (Å²) >= 11 is 3.43. The molecule has 2 aromatic carbocycles. The normalized spacial score (nSPS) is 13.6. The lowest BCUT2D eigenvalue weighted by atomic mass is 10.2. The molecule has 0 aromatic heterocycles. The fraction of sp³-hybridized carbons (Fsp3) is 0.435. The van der Waals surface area contributed by atoms with Gasteiger partial charge in [-0.25, -0.2) is 4.79 Å². The lowest BCUT2D eigenvalue weighted by molar-refractivity contribution is 0.0697. The topological polar surface area (TPSA) is 46.5 Å². The highest BCUT2D eigenvalue weighted by atomic mass is 79.9. The minimum atomic E-state index is -1.28. The van der Waals surface area contributed by atoms with Gasteiger partial charge in [0.25, 0.3) is 0 Å². The van der Waals surface area contributed by atoms with Gasteiger partial charge in [0.15, 0.2) is 0 Å². The molecule has 0 spiro atoms. The van der Waals surface area contributed by atoms with Crippen molar-refractivity contribution in [2.45, 2.75) is 52.1 Å². The van der Waals surface area contributed by atoms with Crippen molar-refractivity contribution < 1.29 is 14.6 Å². The number of ether oxygens (including phenoxy) is 1. The Hall–Kier alpha value is -1.22. The van der Waals surface area contributed by atoms with Crippen LogP contribution in [0.1, 0.15) is 23.2 Å². The van der Waals surface area contributed by atoms with Crippen LogP contribution in [0.25, 0.3) is 0 Å². The Bertz CT molecular complexity index is 734. The quantitative estimate of drug-likeness (QED) is 0.554. The molecule has 3 nitrogen and oxygen atoms in total. The fourth-order valence-corrected chi connectivity index (χ4v) is 5.17. The number of carboxylic acid groups (broad SMARTS) is 1. The average molecular weight is 496 g/mol. The van der Waals surface area contributed by atoms with Crippen LogP contribution in [0.4, 0.5) is 0 Å². The van der Waals surface area contributed by atoms with Gasteiger partial charge in [-0.1, -0.05) is 89.9 Å². The molecule has 0 amide bonds. The summed E-state index contributed by atoms with van der Waals surface area (Å²) in [4.78, 5) is 10.6. The zero-order valence-electron chi connectivity index (χ0n) is 18.6. The molecule has 3 rings (SSSR count). The van der Waals surface area contributed by atoms with E-state index in [0.29, 0.717) is 5.56 Å². The largest absolute Gasteiger partial charge is 0.478 e. The maximum absolute atomic E-state index is 10.6. The molecule has 1 saturated heterocycles. The second kappa shape index (κ2) is 11.8. The van der Waals surface area contributed by atoms with E-state index in [0.717, 1.165) is 13.2 Å². The van der Waals surface area contributed by atoms with Crippen LogP contribution in [0.5, 0.6) is 0 Å². The molecule has 0 radical (unpaired) electrons. The number of hydrogen-bond acceptors (Lipinski definition) is 2. The standard InChI is InChI=1S/C10H14O2Si.C9H13BrSi.C4H8O/c1-13(2,3)9-6-4-8(5-7-9)10(11)12;1-11(2,3)9-6-4-8(10)5-7-9;1-2-4-5-3-1/h4-7H,1-3H3,(H,11,12);4-7H,1-3H3;1-4H2. The number of benzene rings is 2. The highest BCUT2D eigenvalue weighted by Gasteiger charge is 2.16. The Labute approximate surface area is 186 Å². The first-order chi connectivity index (χ1) is 13.4. The van der Waals surface area contributed by atoms with Crippen molar-refractivity contribution in [3.63, 3.8) is 0 Å². The van der Waals surface area contributed by atoms with Gasteiger partial charge in [0.05, 0.1) is 21.7 Å². The lowest BCUT2D eigenvalue weighted by Crippen LogP contribution is -2.37. The van der Waals surface area contributed by atoms with Crippen molar-refractivity contribution in [2.24, 2.45) is 0 Å². The van der Waals surface area contributed by atoms with Crippen LogP contribution < -0.4 is 10.4 Å². The van der Waals surface area contributed by atoms with Crippen molar-refractivity contribution in [3.05, 3.63) is 58.6 Å². The third kappa shape index (κ3) is 10.4. The van der Waals surface area contributed by atoms with Crippen molar-refractivity contribution in [1.82, 2.24) is 0 Å². The molecule has 0 bridgehead atoms. The average Bonchev–Trinajstić information content (AvgIpc) is 3.21. The predicted molar refractivity (Wildman–Crippen MR) is 134 cm³/mol. The van der Waals surface area contributed by atoms with Gasteiger partial charge < -0.3 is 9.84 Å². The maximum atomic E-state index is 10.6. The van der Waals surface area contributed by atoms with Gasteiger partial charge in [-0.05, 0) is 37.1 Å². The van der Waals surface area contributed by atoms with E-state index in [9.17, 15) is 4.79 Å². The summed E-state index contributed by atoms with van der Waals surface area (Å²) in [5, 5.41) is 11.5. The molecule has 2 aromatic rings. The van der Waals surface area contributed by atoms with E-state index < -0.39 is 22.1 Å². The summed E-state index contributed by atoms with van der Waals surface area (Å²) in [7, 11) is -2.36. The van der Waals surface area contributed by atoms with Crippen molar-refractivity contribution in [3.8, 4) is 0 Å². The predicted octanol–water partition coefficient (Wildman–Crippen LogP) is 5.72. The molecule has 1 heterocycles. The van der Waals surface area contributed by atoms with Gasteiger partial charge in [-0.2, -0.15) is 0 Å². The molecule has 6 heteroatoms. The van der Waals surface area contributed by atoms with Crippen molar-refractivity contribution in [2.75, 3.05) is 13.2 Å². The van der Waals surface area contributed by atoms with E-state index in [1.807, 2.05) is 12.1 Å². The Morgan fingerprint density at radius 2 is 1.17 bits per heavy atom. The Morgan fingerprint density at radius 3 is 1.45 bits per heavy atom. The van der Waals surface area contributed by atoms with Gasteiger partial charge in [0.1, 0.15) is 0 Å².